The van der Waals surface area contributed by atoms with Crippen molar-refractivity contribution in [2.24, 2.45) is 11.7 Å². The molecule has 4 aliphatic rings. The Hall–Kier alpha value is -4.04. The largest absolute Gasteiger partial charge is 0.444 e. The van der Waals surface area contributed by atoms with E-state index in [4.69, 9.17) is 10.5 Å². The second kappa shape index (κ2) is 13.2. The van der Waals surface area contributed by atoms with Gasteiger partial charge in [-0.25, -0.2) is 22.3 Å². The lowest BCUT2D eigenvalue weighted by Crippen LogP contribution is -2.57. The van der Waals surface area contributed by atoms with Crippen LogP contribution in [0.4, 0.5) is 9.18 Å². The monoisotopic (exact) mass is 669 g/mol. The van der Waals surface area contributed by atoms with Crippen molar-refractivity contribution in [3.63, 3.8) is 0 Å². The molecular formula is C33H40FN5O7S. The van der Waals surface area contributed by atoms with Gasteiger partial charge in [-0.3, -0.25) is 19.3 Å². The van der Waals surface area contributed by atoms with Gasteiger partial charge in [0.1, 0.15) is 23.5 Å². The molecule has 4 N–H and O–H groups in total. The number of ether oxygens (including phenoxy) is 1. The summed E-state index contributed by atoms with van der Waals surface area (Å²) in [6, 6.07) is 10.2. The topological polar surface area (TPSA) is 168 Å². The van der Waals surface area contributed by atoms with E-state index in [-0.39, 0.29) is 43.3 Å². The smallest absolute Gasteiger partial charge is 0.410 e. The fraction of sp³-hybridized carbons (Fsp3) is 0.515. The summed E-state index contributed by atoms with van der Waals surface area (Å²) in [5.41, 5.74) is 5.92. The van der Waals surface area contributed by atoms with Gasteiger partial charge in [0.15, 0.2) is 0 Å². The quantitative estimate of drug-likeness (QED) is 0.447. The fourth-order valence-corrected chi connectivity index (χ4v) is 8.12. The van der Waals surface area contributed by atoms with Gasteiger partial charge in [0.05, 0.1) is 24.0 Å². The van der Waals surface area contributed by atoms with Crippen LogP contribution in [0.2, 0.25) is 0 Å². The van der Waals surface area contributed by atoms with Gasteiger partial charge in [-0.2, -0.15) is 0 Å². The van der Waals surface area contributed by atoms with E-state index in [2.05, 4.69) is 10.0 Å². The number of amides is 4. The summed E-state index contributed by atoms with van der Waals surface area (Å²) in [5, 5.41) is 2.82. The summed E-state index contributed by atoms with van der Waals surface area (Å²) >= 11 is 0. The Kier molecular flexibility index (Phi) is 9.25. The van der Waals surface area contributed by atoms with Gasteiger partial charge in [0.2, 0.25) is 11.8 Å². The first kappa shape index (κ1) is 32.9. The molecule has 14 heteroatoms. The lowest BCUT2D eigenvalue weighted by atomic mass is 10.0. The highest BCUT2D eigenvalue weighted by atomic mass is 32.2. The van der Waals surface area contributed by atoms with Gasteiger partial charge in [0.25, 0.3) is 15.9 Å². The molecule has 47 heavy (non-hydrogen) atoms. The van der Waals surface area contributed by atoms with Gasteiger partial charge in [-0.15, -0.1) is 0 Å². The van der Waals surface area contributed by atoms with Gasteiger partial charge >= 0.3 is 6.09 Å². The zero-order valence-electron chi connectivity index (χ0n) is 26.0. The van der Waals surface area contributed by atoms with Gasteiger partial charge < -0.3 is 20.7 Å². The van der Waals surface area contributed by atoms with Crippen molar-refractivity contribution in [2.45, 2.75) is 99.5 Å². The van der Waals surface area contributed by atoms with Crippen LogP contribution in [-0.4, -0.2) is 72.3 Å². The maximum Gasteiger partial charge on any atom is 0.410 e. The van der Waals surface area contributed by atoms with Crippen LogP contribution in [0, 0.1) is 11.7 Å². The van der Waals surface area contributed by atoms with E-state index in [9.17, 15) is 32.0 Å². The maximum atomic E-state index is 14.3. The van der Waals surface area contributed by atoms with Gasteiger partial charge in [-0.1, -0.05) is 62.4 Å². The number of benzene rings is 2. The number of halogens is 1. The van der Waals surface area contributed by atoms with Crippen LogP contribution in [0.5, 0.6) is 0 Å². The minimum absolute atomic E-state index is 0.0376. The zero-order valence-corrected chi connectivity index (χ0v) is 26.8. The first-order chi connectivity index (χ1) is 22.5. The molecule has 1 saturated carbocycles. The van der Waals surface area contributed by atoms with Crippen LogP contribution in [0.3, 0.4) is 0 Å². The second-order valence-electron chi connectivity index (χ2n) is 13.0. The number of hydrogen-bond donors (Lipinski definition) is 3. The van der Waals surface area contributed by atoms with Crippen molar-refractivity contribution in [3.8, 4) is 0 Å². The third kappa shape index (κ3) is 6.84. The summed E-state index contributed by atoms with van der Waals surface area (Å²) in [4.78, 5) is 57.0. The van der Waals surface area contributed by atoms with E-state index in [1.54, 1.807) is 30.3 Å². The first-order valence-corrected chi connectivity index (χ1v) is 17.7. The average Bonchev–Trinajstić information content (AvgIpc) is 3.35. The second-order valence-corrected chi connectivity index (χ2v) is 14.7. The van der Waals surface area contributed by atoms with E-state index < -0.39 is 63.4 Å². The number of nitrogens with two attached hydrogens (primary N) is 1. The normalized spacial score (nSPS) is 28.2. The van der Waals surface area contributed by atoms with Crippen LogP contribution in [0.15, 0.2) is 53.4 Å². The molecule has 2 aromatic carbocycles. The molecule has 12 nitrogen and oxygen atoms in total. The van der Waals surface area contributed by atoms with Crippen LogP contribution < -0.4 is 15.8 Å². The maximum absolute atomic E-state index is 14.3. The number of nitrogens with one attached hydrogen (secondary N) is 2. The zero-order chi connectivity index (χ0) is 33.3. The number of carbonyl (C=O) groups is 4. The molecule has 3 aliphatic heterocycles. The number of nitrogens with zero attached hydrogens (tertiary/aromatic N) is 2. The minimum Gasteiger partial charge on any atom is -0.444 e. The predicted molar refractivity (Wildman–Crippen MR) is 167 cm³/mol. The Morgan fingerprint density at radius 1 is 0.979 bits per heavy atom. The molecule has 0 spiro atoms. The average molecular weight is 670 g/mol. The number of rotatable bonds is 4. The minimum atomic E-state index is -4.21. The Balaban J connectivity index is 1.21. The van der Waals surface area contributed by atoms with Crippen molar-refractivity contribution in [2.75, 3.05) is 6.54 Å². The standard InChI is InChI=1S/C33H40FN5O7S/c34-26-14-9-10-21-18-38(20-25(21)26)32(43)46-23-16-28-29(40)36-33(31(42)37-47(44,45)24-12-6-4-7-13-24)17-22(33)11-5-2-1-3-8-15-27(35)30(41)39(28)19-23/h4,6-7,9-10,12-14,22-23,27-28H,1-3,5,8,11,15-20,35H2,(H,36,40)(H,37,42)/t22-,23-,27+,28+,33-/m1/s1. The van der Waals surface area contributed by atoms with Crippen molar-refractivity contribution < 1.29 is 36.7 Å². The Labute approximate surface area is 273 Å². The number of sulfonamides is 1. The third-order valence-electron chi connectivity index (χ3n) is 9.82. The Morgan fingerprint density at radius 2 is 1.70 bits per heavy atom. The lowest BCUT2D eigenvalue weighted by molar-refractivity contribution is -0.140. The highest BCUT2D eigenvalue weighted by molar-refractivity contribution is 7.90. The molecule has 2 aromatic rings. The Bertz CT molecular complexity index is 1660. The van der Waals surface area contributed by atoms with Crippen LogP contribution in [-0.2, 0) is 42.2 Å². The van der Waals surface area contributed by atoms with Crippen molar-refractivity contribution in [1.82, 2.24) is 19.8 Å². The molecule has 4 amide bonds. The molecule has 6 rings (SSSR count). The van der Waals surface area contributed by atoms with Crippen molar-refractivity contribution in [1.29, 1.82) is 0 Å². The summed E-state index contributed by atoms with van der Waals surface area (Å²) in [5.74, 6) is -2.65. The van der Waals surface area contributed by atoms with E-state index in [0.29, 0.717) is 24.0 Å². The van der Waals surface area contributed by atoms with Crippen molar-refractivity contribution >= 4 is 33.8 Å². The van der Waals surface area contributed by atoms with Gasteiger partial charge in [-0.05, 0) is 48.9 Å². The van der Waals surface area contributed by atoms with Crippen LogP contribution in [0.1, 0.15) is 68.9 Å². The summed E-state index contributed by atoms with van der Waals surface area (Å²) < 4.78 is 48.3. The molecule has 1 aliphatic carbocycles. The highest BCUT2D eigenvalue weighted by Gasteiger charge is 2.62. The Morgan fingerprint density at radius 3 is 2.45 bits per heavy atom. The van der Waals surface area contributed by atoms with Gasteiger partial charge in [0, 0.05) is 18.5 Å². The molecule has 252 valence electrons. The molecule has 3 heterocycles. The molecular weight excluding hydrogens is 629 g/mol. The van der Waals surface area contributed by atoms with E-state index >= 15 is 0 Å². The molecule has 0 unspecified atom stereocenters. The van der Waals surface area contributed by atoms with E-state index in [1.165, 1.54) is 28.0 Å². The van der Waals surface area contributed by atoms with Crippen LogP contribution >= 0.6 is 0 Å². The van der Waals surface area contributed by atoms with E-state index in [0.717, 1.165) is 32.1 Å². The fourth-order valence-electron chi connectivity index (χ4n) is 7.06. The SMILES string of the molecule is N[C@H]1CCCCCCC[C@@H]2C[C@@]2(C(=O)NS(=O)(=O)c2ccccc2)NC(=O)[C@@H]2C[C@@H](OC(=O)N3Cc4cccc(F)c4C3)CN2C1=O. The predicted octanol–water partition coefficient (Wildman–Crippen LogP) is 2.70. The summed E-state index contributed by atoms with van der Waals surface area (Å²) in [6.45, 7) is 0.118. The highest BCUT2D eigenvalue weighted by Crippen LogP contribution is 2.48. The van der Waals surface area contributed by atoms with Crippen molar-refractivity contribution in [3.05, 3.63) is 65.5 Å². The third-order valence-corrected chi connectivity index (χ3v) is 11.2. The van der Waals surface area contributed by atoms with Crippen LogP contribution in [0.25, 0.3) is 0 Å². The molecule has 3 fully saturated rings. The molecule has 5 atom stereocenters. The number of fused-ring (bicyclic) bond motifs is 3. The first-order valence-electron chi connectivity index (χ1n) is 16.2. The lowest BCUT2D eigenvalue weighted by Gasteiger charge is -2.28. The number of hydrogen-bond acceptors (Lipinski definition) is 8. The molecule has 0 aromatic heterocycles. The van der Waals surface area contributed by atoms with E-state index in [1.807, 2.05) is 0 Å². The summed E-state index contributed by atoms with van der Waals surface area (Å²) in [6.07, 6.45) is 3.89. The molecule has 0 bridgehead atoms. The number of carbonyl (C=O) groups excluding carboxylic acids is 4. The molecule has 2 saturated heterocycles. The summed E-state index contributed by atoms with van der Waals surface area (Å²) in [7, 11) is -4.21. The molecule has 0 radical (unpaired) electrons.